The molecular weight excluding hydrogens is 430 g/mol. The summed E-state index contributed by atoms with van der Waals surface area (Å²) in [5.41, 5.74) is 1.99. The molecule has 4 aromatic rings. The summed E-state index contributed by atoms with van der Waals surface area (Å²) >= 11 is 4.24. The number of anilines is 3. The van der Waals surface area contributed by atoms with Crippen LogP contribution in [0.4, 0.5) is 16.5 Å². The van der Waals surface area contributed by atoms with Gasteiger partial charge in [-0.1, -0.05) is 40.5 Å². The smallest absolute Gasteiger partial charge is 0.275 e. The molecule has 9 nitrogen and oxygen atoms in total. The molecule has 0 aliphatic rings. The molecule has 2 N–H and O–H groups in total. The third-order valence-corrected chi connectivity index (χ3v) is 6.41. The van der Waals surface area contributed by atoms with Crippen LogP contribution in [0.2, 0.25) is 0 Å². The SMILES string of the molecule is CC(=O)Nc1cccc(Nc2nnc(SCc3cc(=O)n4nc(C)sc4n3)s2)c1. The van der Waals surface area contributed by atoms with Gasteiger partial charge in [0.05, 0.1) is 5.69 Å². The lowest BCUT2D eigenvalue weighted by Crippen LogP contribution is -2.15. The van der Waals surface area contributed by atoms with Crippen LogP contribution >= 0.6 is 34.4 Å². The van der Waals surface area contributed by atoms with E-state index < -0.39 is 0 Å². The Morgan fingerprint density at radius 3 is 2.86 bits per heavy atom. The predicted octanol–water partition coefficient (Wildman–Crippen LogP) is 3.31. The summed E-state index contributed by atoms with van der Waals surface area (Å²) in [6, 6.07) is 8.84. The number of hydrogen-bond donors (Lipinski definition) is 2. The van der Waals surface area contributed by atoms with Gasteiger partial charge in [0, 0.05) is 30.1 Å². The minimum Gasteiger partial charge on any atom is -0.330 e. The second kappa shape index (κ2) is 8.27. The van der Waals surface area contributed by atoms with Crippen LogP contribution in [-0.2, 0) is 10.5 Å². The van der Waals surface area contributed by atoms with E-state index in [-0.39, 0.29) is 11.5 Å². The summed E-state index contributed by atoms with van der Waals surface area (Å²) in [4.78, 5) is 28.4. The molecule has 0 radical (unpaired) electrons. The quantitative estimate of drug-likeness (QED) is 0.435. The molecule has 3 aromatic heterocycles. The zero-order valence-electron chi connectivity index (χ0n) is 15.4. The Kier molecular flexibility index (Phi) is 5.56. The van der Waals surface area contributed by atoms with Crippen LogP contribution in [0.15, 0.2) is 39.5 Å². The number of hydrogen-bond acceptors (Lipinski definition) is 10. The third-order valence-electron chi connectivity index (χ3n) is 3.58. The molecule has 0 spiro atoms. The summed E-state index contributed by atoms with van der Waals surface area (Å²) in [5.74, 6) is 0.381. The van der Waals surface area contributed by atoms with Crippen LogP contribution in [0.1, 0.15) is 17.6 Å². The normalized spacial score (nSPS) is 11.0. The fraction of sp³-hybridized carbons (Fsp3) is 0.176. The Bertz CT molecular complexity index is 1250. The first kappa shape index (κ1) is 19.5. The molecule has 12 heteroatoms. The van der Waals surface area contributed by atoms with E-state index in [2.05, 4.69) is 30.9 Å². The Balaban J connectivity index is 1.42. The molecule has 0 bridgehead atoms. The minimum absolute atomic E-state index is 0.128. The van der Waals surface area contributed by atoms with Gasteiger partial charge in [-0.3, -0.25) is 9.59 Å². The first-order chi connectivity index (χ1) is 14.0. The topological polar surface area (TPSA) is 114 Å². The molecule has 0 fully saturated rings. The Labute approximate surface area is 177 Å². The molecule has 4 rings (SSSR count). The number of thioether (sulfide) groups is 1. The van der Waals surface area contributed by atoms with E-state index >= 15 is 0 Å². The fourth-order valence-electron chi connectivity index (χ4n) is 2.48. The Morgan fingerprint density at radius 2 is 2.03 bits per heavy atom. The van der Waals surface area contributed by atoms with E-state index in [1.165, 1.54) is 51.9 Å². The predicted molar refractivity (Wildman–Crippen MR) is 115 cm³/mol. The maximum absolute atomic E-state index is 12.1. The summed E-state index contributed by atoms with van der Waals surface area (Å²) in [5, 5.41) is 19.8. The lowest BCUT2D eigenvalue weighted by molar-refractivity contribution is -0.114. The molecule has 3 heterocycles. The first-order valence-corrected chi connectivity index (χ1v) is 11.1. The maximum atomic E-state index is 12.1. The van der Waals surface area contributed by atoms with Gasteiger partial charge < -0.3 is 10.6 Å². The Hall–Kier alpha value is -2.83. The number of fused-ring (bicyclic) bond motifs is 1. The van der Waals surface area contributed by atoms with Crippen molar-refractivity contribution in [1.29, 1.82) is 0 Å². The lowest BCUT2D eigenvalue weighted by atomic mass is 10.3. The number of nitrogens with one attached hydrogen (secondary N) is 2. The van der Waals surface area contributed by atoms with Crippen molar-refractivity contribution in [3.05, 3.63) is 51.4 Å². The van der Waals surface area contributed by atoms with Gasteiger partial charge in [0.15, 0.2) is 4.34 Å². The molecular formula is C17H15N7O2S3. The van der Waals surface area contributed by atoms with Gasteiger partial charge in [-0.05, 0) is 25.1 Å². The number of rotatable bonds is 6. The van der Waals surface area contributed by atoms with Crippen LogP contribution in [-0.4, -0.2) is 30.7 Å². The molecule has 1 aromatic carbocycles. The molecule has 0 aliphatic carbocycles. The van der Waals surface area contributed by atoms with Crippen LogP contribution in [0.25, 0.3) is 4.96 Å². The third kappa shape index (κ3) is 4.78. The minimum atomic E-state index is -0.186. The molecule has 0 saturated carbocycles. The highest BCUT2D eigenvalue weighted by atomic mass is 32.2. The number of nitrogens with zero attached hydrogens (tertiary/aromatic N) is 5. The molecule has 0 atom stereocenters. The average molecular weight is 446 g/mol. The highest BCUT2D eigenvalue weighted by Gasteiger charge is 2.10. The van der Waals surface area contributed by atoms with E-state index in [1.54, 1.807) is 0 Å². The highest BCUT2D eigenvalue weighted by Crippen LogP contribution is 2.30. The van der Waals surface area contributed by atoms with Crippen molar-refractivity contribution >= 4 is 61.8 Å². The summed E-state index contributed by atoms with van der Waals surface area (Å²) in [6.07, 6.45) is 0. The van der Waals surface area contributed by atoms with Gasteiger partial charge in [0.2, 0.25) is 16.0 Å². The molecule has 1 amide bonds. The van der Waals surface area contributed by atoms with E-state index in [0.717, 1.165) is 15.0 Å². The first-order valence-electron chi connectivity index (χ1n) is 8.44. The number of amides is 1. The number of aryl methyl sites for hydroxylation is 1. The molecule has 0 unspecified atom stereocenters. The van der Waals surface area contributed by atoms with Crippen molar-refractivity contribution in [3.63, 3.8) is 0 Å². The van der Waals surface area contributed by atoms with Crippen molar-refractivity contribution < 1.29 is 4.79 Å². The van der Waals surface area contributed by atoms with Crippen molar-refractivity contribution in [2.24, 2.45) is 0 Å². The van der Waals surface area contributed by atoms with Gasteiger partial charge >= 0.3 is 0 Å². The molecule has 0 aliphatic heterocycles. The van der Waals surface area contributed by atoms with Gasteiger partial charge in [-0.2, -0.15) is 9.61 Å². The van der Waals surface area contributed by atoms with Gasteiger partial charge in [0.1, 0.15) is 5.01 Å². The Morgan fingerprint density at radius 1 is 1.21 bits per heavy atom. The van der Waals surface area contributed by atoms with Crippen molar-refractivity contribution in [2.75, 3.05) is 10.6 Å². The van der Waals surface area contributed by atoms with Crippen molar-refractivity contribution in [2.45, 2.75) is 23.9 Å². The highest BCUT2D eigenvalue weighted by molar-refractivity contribution is 8.00. The van der Waals surface area contributed by atoms with E-state index in [1.807, 2.05) is 31.2 Å². The zero-order valence-corrected chi connectivity index (χ0v) is 17.8. The standard InChI is InChI=1S/C17H15N7O2S3/c1-9(25)18-11-4-3-5-12(6-11)19-15-21-22-17(29-15)27-8-13-7-14(26)24-16(20-13)28-10(2)23-24/h3-7H,8H2,1-2H3,(H,18,25)(H,19,21). The lowest BCUT2D eigenvalue weighted by Gasteiger charge is -2.05. The molecule has 0 saturated heterocycles. The van der Waals surface area contributed by atoms with Gasteiger partial charge in [-0.25, -0.2) is 4.98 Å². The largest absolute Gasteiger partial charge is 0.330 e. The summed E-state index contributed by atoms with van der Waals surface area (Å²) in [7, 11) is 0. The molecule has 29 heavy (non-hydrogen) atoms. The zero-order chi connectivity index (χ0) is 20.4. The van der Waals surface area contributed by atoms with Gasteiger partial charge in [-0.15, -0.1) is 10.2 Å². The van der Waals surface area contributed by atoms with Crippen LogP contribution in [0, 0.1) is 6.92 Å². The second-order valence-corrected chi connectivity index (χ2v) is 9.31. The number of benzene rings is 1. The summed E-state index contributed by atoms with van der Waals surface area (Å²) in [6.45, 7) is 3.31. The second-order valence-electron chi connectivity index (χ2n) is 5.95. The van der Waals surface area contributed by atoms with Crippen LogP contribution < -0.4 is 16.2 Å². The average Bonchev–Trinajstić information content (AvgIpc) is 3.25. The van der Waals surface area contributed by atoms with Crippen molar-refractivity contribution in [3.8, 4) is 0 Å². The van der Waals surface area contributed by atoms with E-state index in [9.17, 15) is 9.59 Å². The van der Waals surface area contributed by atoms with Gasteiger partial charge in [0.25, 0.3) is 5.56 Å². The van der Waals surface area contributed by atoms with Crippen LogP contribution in [0.3, 0.4) is 0 Å². The monoisotopic (exact) mass is 445 g/mol. The van der Waals surface area contributed by atoms with E-state index in [4.69, 9.17) is 0 Å². The van der Waals surface area contributed by atoms with E-state index in [0.29, 0.717) is 27.2 Å². The maximum Gasteiger partial charge on any atom is 0.275 e. The fourth-order valence-corrected chi connectivity index (χ4v) is 4.91. The van der Waals surface area contributed by atoms with Crippen LogP contribution in [0.5, 0.6) is 0 Å². The number of carbonyl (C=O) groups excluding carboxylic acids is 1. The van der Waals surface area contributed by atoms with Crippen molar-refractivity contribution in [1.82, 2.24) is 24.8 Å². The number of aromatic nitrogens is 5. The molecule has 148 valence electrons. The summed E-state index contributed by atoms with van der Waals surface area (Å²) < 4.78 is 2.07. The number of carbonyl (C=O) groups is 1.